The summed E-state index contributed by atoms with van der Waals surface area (Å²) in [5, 5.41) is 12.0. The highest BCUT2D eigenvalue weighted by atomic mass is 16.6. The Labute approximate surface area is 138 Å². The third-order valence-electron chi connectivity index (χ3n) is 4.27. The van der Waals surface area contributed by atoms with Crippen molar-refractivity contribution in [2.75, 3.05) is 23.4 Å². The Morgan fingerprint density at radius 2 is 1.96 bits per heavy atom. The highest BCUT2D eigenvalue weighted by Gasteiger charge is 2.34. The first-order valence-corrected chi connectivity index (χ1v) is 7.79. The molecule has 2 N–H and O–H groups in total. The third-order valence-corrected chi connectivity index (χ3v) is 4.27. The summed E-state index contributed by atoms with van der Waals surface area (Å²) >= 11 is 0. The van der Waals surface area contributed by atoms with Crippen molar-refractivity contribution in [1.82, 2.24) is 0 Å². The van der Waals surface area contributed by atoms with E-state index in [1.165, 1.54) is 4.90 Å². The molecule has 1 heterocycles. The number of rotatable bonds is 4. The first-order chi connectivity index (χ1) is 11.6. The molecule has 0 unspecified atom stereocenters. The van der Waals surface area contributed by atoms with Crippen molar-refractivity contribution in [1.29, 1.82) is 0 Å². The lowest BCUT2D eigenvalue weighted by atomic mass is 9.82. The number of nitrogens with one attached hydrogen (secondary N) is 1. The predicted molar refractivity (Wildman–Crippen MR) is 86.8 cm³/mol. The highest BCUT2D eigenvalue weighted by Crippen LogP contribution is 2.28. The molecule has 1 fully saturated rings. The molecule has 0 bridgehead atoms. The van der Waals surface area contributed by atoms with Crippen molar-refractivity contribution in [2.45, 2.75) is 12.8 Å². The molecule has 24 heavy (non-hydrogen) atoms. The SMILES string of the molecule is O=C(O)[C@@H]1CC=CC[C@H]1C(=O)Nc1cccc(N2CCOC2=O)c1. The van der Waals surface area contributed by atoms with E-state index in [0.717, 1.165) is 0 Å². The summed E-state index contributed by atoms with van der Waals surface area (Å²) in [4.78, 5) is 36.9. The van der Waals surface area contributed by atoms with Crippen molar-refractivity contribution in [3.05, 3.63) is 36.4 Å². The fraction of sp³-hybridized carbons (Fsp3) is 0.353. The zero-order valence-corrected chi connectivity index (χ0v) is 13.0. The summed E-state index contributed by atoms with van der Waals surface area (Å²) in [5.74, 6) is -2.61. The van der Waals surface area contributed by atoms with Crippen molar-refractivity contribution >= 4 is 29.3 Å². The summed E-state index contributed by atoms with van der Waals surface area (Å²) in [6.45, 7) is 0.800. The lowest BCUT2D eigenvalue weighted by Gasteiger charge is -2.24. The molecule has 7 heteroatoms. The van der Waals surface area contributed by atoms with E-state index in [1.54, 1.807) is 30.3 Å². The molecule has 3 rings (SSSR count). The molecule has 1 aliphatic carbocycles. The second-order valence-electron chi connectivity index (χ2n) is 5.80. The largest absolute Gasteiger partial charge is 0.481 e. The molecule has 0 saturated carbocycles. The maximum atomic E-state index is 12.5. The monoisotopic (exact) mass is 330 g/mol. The van der Waals surface area contributed by atoms with Gasteiger partial charge in [0.15, 0.2) is 0 Å². The summed E-state index contributed by atoms with van der Waals surface area (Å²) in [6, 6.07) is 6.87. The van der Waals surface area contributed by atoms with E-state index >= 15 is 0 Å². The fourth-order valence-electron chi connectivity index (χ4n) is 2.99. The minimum absolute atomic E-state index is 0.326. The van der Waals surface area contributed by atoms with Gasteiger partial charge in [-0.1, -0.05) is 18.2 Å². The lowest BCUT2D eigenvalue weighted by molar-refractivity contribution is -0.146. The number of benzene rings is 1. The number of aliphatic carboxylic acids is 1. The third kappa shape index (κ3) is 3.24. The van der Waals surface area contributed by atoms with E-state index in [9.17, 15) is 19.5 Å². The van der Waals surface area contributed by atoms with Crippen LogP contribution in [0.4, 0.5) is 16.2 Å². The van der Waals surface area contributed by atoms with E-state index in [-0.39, 0.29) is 5.91 Å². The van der Waals surface area contributed by atoms with Crippen LogP contribution in [-0.4, -0.2) is 36.2 Å². The number of cyclic esters (lactones) is 1. The molecular formula is C17H18N2O5. The number of amides is 2. The van der Waals surface area contributed by atoms with Crippen LogP contribution >= 0.6 is 0 Å². The Bertz CT molecular complexity index is 700. The van der Waals surface area contributed by atoms with E-state index < -0.39 is 23.9 Å². The molecule has 0 spiro atoms. The number of carboxylic acid groups (broad SMARTS) is 1. The van der Waals surface area contributed by atoms with Crippen molar-refractivity contribution in [2.24, 2.45) is 11.8 Å². The number of hydrogen-bond acceptors (Lipinski definition) is 4. The van der Waals surface area contributed by atoms with Gasteiger partial charge in [-0.2, -0.15) is 0 Å². The molecule has 0 aromatic heterocycles. The fourth-order valence-corrected chi connectivity index (χ4v) is 2.99. The molecule has 2 amide bonds. The van der Waals surface area contributed by atoms with Gasteiger partial charge < -0.3 is 15.2 Å². The smallest absolute Gasteiger partial charge is 0.414 e. The van der Waals surface area contributed by atoms with E-state index in [4.69, 9.17) is 4.74 Å². The molecule has 1 aromatic carbocycles. The van der Waals surface area contributed by atoms with E-state index in [1.807, 2.05) is 6.08 Å². The summed E-state index contributed by atoms with van der Waals surface area (Å²) < 4.78 is 4.90. The van der Waals surface area contributed by atoms with Crippen LogP contribution in [0.2, 0.25) is 0 Å². The first kappa shape index (κ1) is 16.0. The molecule has 1 saturated heterocycles. The lowest BCUT2D eigenvalue weighted by Crippen LogP contribution is -2.34. The standard InChI is InChI=1S/C17H18N2O5/c20-15(13-6-1-2-7-14(13)16(21)22)18-11-4-3-5-12(10-11)19-8-9-24-17(19)23/h1-5,10,13-14H,6-9H2,(H,18,20)(H,21,22)/t13-,14-/m1/s1. The Hall–Kier alpha value is -2.83. The minimum Gasteiger partial charge on any atom is -0.481 e. The van der Waals surface area contributed by atoms with Gasteiger partial charge >= 0.3 is 12.1 Å². The van der Waals surface area contributed by atoms with Crippen molar-refractivity contribution in [3.63, 3.8) is 0 Å². The van der Waals surface area contributed by atoms with E-state index in [2.05, 4.69) is 5.32 Å². The molecular weight excluding hydrogens is 312 g/mol. The summed E-state index contributed by atoms with van der Waals surface area (Å²) in [7, 11) is 0. The van der Waals surface area contributed by atoms with Gasteiger partial charge in [0.25, 0.3) is 0 Å². The number of carbonyl (C=O) groups is 3. The number of hydrogen-bond donors (Lipinski definition) is 2. The van der Waals surface area contributed by atoms with Gasteiger partial charge in [0.2, 0.25) is 5.91 Å². The number of carbonyl (C=O) groups excluding carboxylic acids is 2. The zero-order valence-electron chi connectivity index (χ0n) is 13.0. The minimum atomic E-state index is -0.965. The highest BCUT2D eigenvalue weighted by molar-refractivity contribution is 5.96. The Kier molecular flexibility index (Phi) is 4.50. The molecule has 2 atom stereocenters. The molecule has 2 aliphatic rings. The molecule has 1 aromatic rings. The molecule has 7 nitrogen and oxygen atoms in total. The second-order valence-corrected chi connectivity index (χ2v) is 5.80. The average Bonchev–Trinajstić information content (AvgIpc) is 3.01. The van der Waals surface area contributed by atoms with Gasteiger partial charge in [0.05, 0.1) is 18.4 Å². The number of carboxylic acids is 1. The topological polar surface area (TPSA) is 95.9 Å². The Balaban J connectivity index is 1.73. The van der Waals surface area contributed by atoms with Crippen LogP contribution in [0.1, 0.15) is 12.8 Å². The maximum absolute atomic E-state index is 12.5. The van der Waals surface area contributed by atoms with Crippen LogP contribution in [0.3, 0.4) is 0 Å². The maximum Gasteiger partial charge on any atom is 0.414 e. The van der Waals surface area contributed by atoms with Crippen LogP contribution in [0.5, 0.6) is 0 Å². The van der Waals surface area contributed by atoms with Gasteiger partial charge in [0, 0.05) is 11.4 Å². The summed E-state index contributed by atoms with van der Waals surface area (Å²) in [6.07, 6.45) is 3.97. The Morgan fingerprint density at radius 1 is 1.21 bits per heavy atom. The first-order valence-electron chi connectivity index (χ1n) is 7.79. The van der Waals surface area contributed by atoms with Crippen LogP contribution < -0.4 is 10.2 Å². The van der Waals surface area contributed by atoms with Gasteiger partial charge in [-0.15, -0.1) is 0 Å². The van der Waals surface area contributed by atoms with Crippen LogP contribution in [-0.2, 0) is 14.3 Å². The van der Waals surface area contributed by atoms with Gasteiger partial charge in [-0.25, -0.2) is 4.79 Å². The average molecular weight is 330 g/mol. The van der Waals surface area contributed by atoms with Crippen molar-refractivity contribution in [3.8, 4) is 0 Å². The molecule has 0 radical (unpaired) electrons. The van der Waals surface area contributed by atoms with Crippen molar-refractivity contribution < 1.29 is 24.2 Å². The van der Waals surface area contributed by atoms with Gasteiger partial charge in [-0.3, -0.25) is 14.5 Å². The second kappa shape index (κ2) is 6.74. The number of anilines is 2. The molecule has 126 valence electrons. The number of allylic oxidation sites excluding steroid dienone is 2. The van der Waals surface area contributed by atoms with Crippen LogP contribution in [0.15, 0.2) is 36.4 Å². The zero-order chi connectivity index (χ0) is 17.1. The summed E-state index contributed by atoms with van der Waals surface area (Å²) in [5.41, 5.74) is 1.16. The number of nitrogens with zero attached hydrogens (tertiary/aromatic N) is 1. The van der Waals surface area contributed by atoms with E-state index in [0.29, 0.717) is 37.4 Å². The van der Waals surface area contributed by atoms with Gasteiger partial charge in [-0.05, 0) is 31.0 Å². The Morgan fingerprint density at radius 3 is 2.62 bits per heavy atom. The molecule has 1 aliphatic heterocycles. The predicted octanol–water partition coefficient (Wildman–Crippen LogP) is 2.25. The van der Waals surface area contributed by atoms with Crippen LogP contribution in [0.25, 0.3) is 0 Å². The quantitative estimate of drug-likeness (QED) is 0.826. The van der Waals surface area contributed by atoms with Crippen LogP contribution in [0, 0.1) is 11.8 Å². The normalized spacial score (nSPS) is 23.0. The van der Waals surface area contributed by atoms with Gasteiger partial charge in [0.1, 0.15) is 6.61 Å². The number of ether oxygens (including phenoxy) is 1.